The van der Waals surface area contributed by atoms with E-state index in [1.54, 1.807) is 19.2 Å². The van der Waals surface area contributed by atoms with Crippen LogP contribution in [0.2, 0.25) is 5.02 Å². The number of dihydropyridines is 1. The second kappa shape index (κ2) is 6.10. The van der Waals surface area contributed by atoms with Crippen LogP contribution in [0.3, 0.4) is 0 Å². The first-order valence-corrected chi connectivity index (χ1v) is 7.92. The third-order valence-electron chi connectivity index (χ3n) is 4.41. The maximum absolute atomic E-state index is 12.5. The number of carbonyl (C=O) groups excluding carboxylic acids is 1. The van der Waals surface area contributed by atoms with E-state index in [4.69, 9.17) is 16.3 Å². The molecule has 3 rings (SSSR count). The van der Waals surface area contributed by atoms with Crippen LogP contribution in [0.25, 0.3) is 0 Å². The molecular formula is C18H17ClN2O2. The van der Waals surface area contributed by atoms with Gasteiger partial charge < -0.3 is 10.1 Å². The van der Waals surface area contributed by atoms with Crippen molar-refractivity contribution in [1.82, 2.24) is 5.32 Å². The number of carbonyl (C=O) groups is 1. The Labute approximate surface area is 140 Å². The van der Waals surface area contributed by atoms with E-state index in [0.717, 1.165) is 29.8 Å². The first-order valence-electron chi connectivity index (χ1n) is 7.54. The number of rotatable bonds is 2. The van der Waals surface area contributed by atoms with Crippen LogP contribution in [0.5, 0.6) is 5.75 Å². The highest BCUT2D eigenvalue weighted by atomic mass is 35.5. The molecule has 23 heavy (non-hydrogen) atoms. The number of ketones is 1. The Hall–Kier alpha value is -2.25. The number of ether oxygens (including phenoxy) is 1. The summed E-state index contributed by atoms with van der Waals surface area (Å²) in [6.07, 6.45) is 2.20. The van der Waals surface area contributed by atoms with Gasteiger partial charge in [0.2, 0.25) is 0 Å². The molecule has 0 radical (unpaired) electrons. The molecular weight excluding hydrogens is 312 g/mol. The Morgan fingerprint density at radius 1 is 1.39 bits per heavy atom. The molecule has 1 N–H and O–H groups in total. The largest absolute Gasteiger partial charge is 0.495 e. The standard InChI is InChI=1S/C18H17ClN2O2/c1-10-12(9-20)17(11-6-7-16(23-2)13(19)8-11)18-14(21-10)4-3-5-15(18)22/h6-8,17,21H,3-5H2,1-2H3. The molecule has 0 amide bonds. The number of hydrogen-bond donors (Lipinski definition) is 1. The SMILES string of the molecule is COc1ccc(C2C(C#N)=C(C)NC3=C2C(=O)CCC3)cc1Cl. The minimum Gasteiger partial charge on any atom is -0.495 e. The molecule has 1 aliphatic heterocycles. The van der Waals surface area contributed by atoms with Crippen molar-refractivity contribution in [1.29, 1.82) is 5.26 Å². The van der Waals surface area contributed by atoms with Crippen molar-refractivity contribution in [2.75, 3.05) is 7.11 Å². The predicted molar refractivity (Wildman–Crippen MR) is 88.1 cm³/mol. The second-order valence-corrected chi connectivity index (χ2v) is 6.18. The first kappa shape index (κ1) is 15.6. The van der Waals surface area contributed by atoms with E-state index in [1.165, 1.54) is 0 Å². The fraction of sp³-hybridized carbons (Fsp3) is 0.333. The molecule has 0 saturated heterocycles. The van der Waals surface area contributed by atoms with Gasteiger partial charge in [0.25, 0.3) is 0 Å². The molecule has 1 aromatic rings. The number of halogens is 1. The van der Waals surface area contributed by atoms with Crippen LogP contribution >= 0.6 is 11.6 Å². The van der Waals surface area contributed by atoms with E-state index in [9.17, 15) is 10.1 Å². The van der Waals surface area contributed by atoms with Crippen molar-refractivity contribution in [3.63, 3.8) is 0 Å². The number of allylic oxidation sites excluding steroid dienone is 4. The fourth-order valence-electron chi connectivity index (χ4n) is 3.33. The number of nitrogens with one attached hydrogen (secondary N) is 1. The van der Waals surface area contributed by atoms with Gasteiger partial charge in [-0.2, -0.15) is 5.26 Å². The topological polar surface area (TPSA) is 62.1 Å². The first-order chi connectivity index (χ1) is 11.1. The van der Waals surface area contributed by atoms with E-state index in [0.29, 0.717) is 28.3 Å². The molecule has 1 aliphatic carbocycles. The molecule has 1 unspecified atom stereocenters. The van der Waals surface area contributed by atoms with Gasteiger partial charge in [0.15, 0.2) is 5.78 Å². The lowest BCUT2D eigenvalue weighted by Gasteiger charge is -2.32. The summed E-state index contributed by atoms with van der Waals surface area (Å²) in [5, 5.41) is 13.3. The smallest absolute Gasteiger partial charge is 0.161 e. The van der Waals surface area contributed by atoms with Gasteiger partial charge in [0, 0.05) is 23.4 Å². The van der Waals surface area contributed by atoms with Crippen LogP contribution < -0.4 is 10.1 Å². The van der Waals surface area contributed by atoms with Gasteiger partial charge in [-0.05, 0) is 37.5 Å². The number of Topliss-reactive ketones (excluding diaryl/α,β-unsaturated/α-hetero) is 1. The molecule has 4 nitrogen and oxygen atoms in total. The molecule has 1 aromatic carbocycles. The number of methoxy groups -OCH3 is 1. The van der Waals surface area contributed by atoms with Gasteiger partial charge in [0.05, 0.1) is 29.7 Å². The normalized spacial score (nSPS) is 20.8. The summed E-state index contributed by atoms with van der Waals surface area (Å²) < 4.78 is 5.19. The monoisotopic (exact) mass is 328 g/mol. The lowest BCUT2D eigenvalue weighted by molar-refractivity contribution is -0.116. The zero-order valence-electron chi connectivity index (χ0n) is 13.1. The van der Waals surface area contributed by atoms with Crippen molar-refractivity contribution < 1.29 is 9.53 Å². The van der Waals surface area contributed by atoms with E-state index < -0.39 is 0 Å². The molecule has 0 fully saturated rings. The zero-order valence-corrected chi connectivity index (χ0v) is 13.8. The summed E-state index contributed by atoms with van der Waals surface area (Å²) in [6, 6.07) is 7.69. The summed E-state index contributed by atoms with van der Waals surface area (Å²) in [4.78, 5) is 12.5. The number of benzene rings is 1. The van der Waals surface area contributed by atoms with Gasteiger partial charge >= 0.3 is 0 Å². The molecule has 0 aromatic heterocycles. The van der Waals surface area contributed by atoms with Crippen LogP contribution in [0.4, 0.5) is 0 Å². The highest BCUT2D eigenvalue weighted by Crippen LogP contribution is 2.43. The second-order valence-electron chi connectivity index (χ2n) is 5.77. The quantitative estimate of drug-likeness (QED) is 0.896. The van der Waals surface area contributed by atoms with Crippen LogP contribution in [0.1, 0.15) is 37.7 Å². The molecule has 5 heteroatoms. The number of nitriles is 1. The van der Waals surface area contributed by atoms with Crippen molar-refractivity contribution in [2.24, 2.45) is 0 Å². The average Bonchev–Trinajstić information content (AvgIpc) is 2.53. The summed E-state index contributed by atoms with van der Waals surface area (Å²) >= 11 is 6.25. The van der Waals surface area contributed by atoms with Gasteiger partial charge in [0.1, 0.15) is 5.75 Å². The van der Waals surface area contributed by atoms with Crippen molar-refractivity contribution in [3.05, 3.63) is 51.3 Å². The Morgan fingerprint density at radius 3 is 2.83 bits per heavy atom. The van der Waals surface area contributed by atoms with E-state index in [1.807, 2.05) is 13.0 Å². The van der Waals surface area contributed by atoms with Crippen molar-refractivity contribution in [2.45, 2.75) is 32.1 Å². The average molecular weight is 329 g/mol. The maximum atomic E-state index is 12.5. The number of nitrogens with zero attached hydrogens (tertiary/aromatic N) is 1. The van der Waals surface area contributed by atoms with E-state index in [2.05, 4.69) is 11.4 Å². The van der Waals surface area contributed by atoms with Gasteiger partial charge in [-0.15, -0.1) is 0 Å². The molecule has 0 spiro atoms. The number of hydrogen-bond acceptors (Lipinski definition) is 4. The van der Waals surface area contributed by atoms with Crippen LogP contribution in [0.15, 0.2) is 40.7 Å². The minimum atomic E-state index is -0.354. The van der Waals surface area contributed by atoms with Gasteiger partial charge in [-0.25, -0.2) is 0 Å². The Bertz CT molecular complexity index is 787. The maximum Gasteiger partial charge on any atom is 0.161 e. The van der Waals surface area contributed by atoms with Crippen LogP contribution in [-0.2, 0) is 4.79 Å². The van der Waals surface area contributed by atoms with E-state index >= 15 is 0 Å². The third kappa shape index (κ3) is 2.62. The summed E-state index contributed by atoms with van der Waals surface area (Å²) in [7, 11) is 1.56. The lowest BCUT2D eigenvalue weighted by atomic mass is 9.75. The summed E-state index contributed by atoms with van der Waals surface area (Å²) in [5.41, 5.74) is 3.86. The Morgan fingerprint density at radius 2 is 2.17 bits per heavy atom. The fourth-order valence-corrected chi connectivity index (χ4v) is 3.59. The highest BCUT2D eigenvalue weighted by molar-refractivity contribution is 6.32. The molecule has 118 valence electrons. The van der Waals surface area contributed by atoms with Crippen molar-refractivity contribution >= 4 is 17.4 Å². The molecule has 0 bridgehead atoms. The Balaban J connectivity index is 2.17. The van der Waals surface area contributed by atoms with Crippen LogP contribution in [0, 0.1) is 11.3 Å². The summed E-state index contributed by atoms with van der Waals surface area (Å²) in [6.45, 7) is 1.87. The molecule has 2 aliphatic rings. The van der Waals surface area contributed by atoms with Gasteiger partial charge in [-0.3, -0.25) is 4.79 Å². The van der Waals surface area contributed by atoms with Gasteiger partial charge in [-0.1, -0.05) is 17.7 Å². The van der Waals surface area contributed by atoms with Crippen LogP contribution in [-0.4, -0.2) is 12.9 Å². The molecule has 1 atom stereocenters. The predicted octanol–water partition coefficient (Wildman–Crippen LogP) is 3.84. The molecule has 0 saturated carbocycles. The zero-order chi connectivity index (χ0) is 16.6. The minimum absolute atomic E-state index is 0.107. The summed E-state index contributed by atoms with van der Waals surface area (Å²) in [5.74, 6) is 0.330. The molecule has 1 heterocycles. The Kier molecular flexibility index (Phi) is 4.14. The van der Waals surface area contributed by atoms with Crippen molar-refractivity contribution in [3.8, 4) is 11.8 Å². The highest BCUT2D eigenvalue weighted by Gasteiger charge is 2.35. The van der Waals surface area contributed by atoms with E-state index in [-0.39, 0.29) is 11.7 Å². The third-order valence-corrected chi connectivity index (χ3v) is 4.70. The lowest BCUT2D eigenvalue weighted by Crippen LogP contribution is -2.31.